The minimum atomic E-state index is 0.0747. The molecule has 3 N–H and O–H groups in total. The van der Waals surface area contributed by atoms with Crippen LogP contribution >= 0.6 is 0 Å². The highest BCUT2D eigenvalue weighted by atomic mass is 16.3. The zero-order chi connectivity index (χ0) is 7.56. The predicted molar refractivity (Wildman–Crippen MR) is 38.5 cm³/mol. The summed E-state index contributed by atoms with van der Waals surface area (Å²) in [5.41, 5.74) is 6.40. The van der Waals surface area contributed by atoms with Gasteiger partial charge in [0.1, 0.15) is 5.82 Å². The minimum Gasteiger partial charge on any atom is -0.394 e. The van der Waals surface area contributed by atoms with Crippen molar-refractivity contribution in [2.24, 2.45) is 0 Å². The zero-order valence-corrected chi connectivity index (χ0v) is 5.91. The zero-order valence-electron chi connectivity index (χ0n) is 5.91. The third-order valence-corrected chi connectivity index (χ3v) is 1.25. The first-order valence-corrected chi connectivity index (χ1v) is 3.15. The van der Waals surface area contributed by atoms with Crippen LogP contribution in [0.15, 0.2) is 6.07 Å². The number of aliphatic hydroxyl groups excluding tert-OH is 1. The topological polar surface area (TPSA) is 64.1 Å². The molecule has 1 rings (SSSR count). The van der Waals surface area contributed by atoms with Gasteiger partial charge in [-0.2, -0.15) is 5.10 Å². The Morgan fingerprint density at radius 2 is 2.50 bits per heavy atom. The molecule has 4 nitrogen and oxygen atoms in total. The van der Waals surface area contributed by atoms with Gasteiger partial charge in [0, 0.05) is 6.07 Å². The summed E-state index contributed by atoms with van der Waals surface area (Å²) in [6, 6.07) is 1.77. The molecule has 1 heterocycles. The lowest BCUT2D eigenvalue weighted by Crippen LogP contribution is -2.07. The lowest BCUT2D eigenvalue weighted by Gasteiger charge is -1.98. The van der Waals surface area contributed by atoms with Crippen LogP contribution in [0.3, 0.4) is 0 Å². The molecule has 0 aliphatic carbocycles. The van der Waals surface area contributed by atoms with Crippen molar-refractivity contribution in [1.29, 1.82) is 0 Å². The highest BCUT2D eigenvalue weighted by Gasteiger charge is 1.98. The maximum Gasteiger partial charge on any atom is 0.122 e. The first-order chi connectivity index (χ1) is 4.74. The number of nitrogen functional groups attached to an aromatic ring is 1. The molecule has 0 fully saturated rings. The second-order valence-electron chi connectivity index (χ2n) is 2.16. The van der Waals surface area contributed by atoms with E-state index in [-0.39, 0.29) is 6.61 Å². The van der Waals surface area contributed by atoms with Gasteiger partial charge in [-0.1, -0.05) is 0 Å². The smallest absolute Gasteiger partial charge is 0.122 e. The molecule has 0 saturated carbocycles. The Kier molecular flexibility index (Phi) is 1.91. The van der Waals surface area contributed by atoms with Crippen LogP contribution in [0, 0.1) is 6.92 Å². The molecule has 0 aliphatic rings. The third kappa shape index (κ3) is 1.27. The van der Waals surface area contributed by atoms with E-state index in [2.05, 4.69) is 5.10 Å². The molecule has 0 saturated heterocycles. The van der Waals surface area contributed by atoms with Crippen molar-refractivity contribution in [3.8, 4) is 0 Å². The maximum atomic E-state index is 8.54. The van der Waals surface area contributed by atoms with Crippen molar-refractivity contribution in [1.82, 2.24) is 9.78 Å². The van der Waals surface area contributed by atoms with E-state index in [0.717, 1.165) is 5.69 Å². The van der Waals surface area contributed by atoms with Crippen molar-refractivity contribution < 1.29 is 5.11 Å². The number of aliphatic hydroxyl groups is 1. The van der Waals surface area contributed by atoms with Crippen LogP contribution in [-0.4, -0.2) is 21.5 Å². The normalized spacial score (nSPS) is 10.2. The predicted octanol–water partition coefficient (Wildman–Crippen LogP) is -0.234. The Morgan fingerprint density at radius 3 is 2.90 bits per heavy atom. The maximum absolute atomic E-state index is 8.54. The molecule has 4 heteroatoms. The fourth-order valence-electron chi connectivity index (χ4n) is 0.839. The molecule has 0 radical (unpaired) electrons. The van der Waals surface area contributed by atoms with Crippen LogP contribution in [0.4, 0.5) is 5.82 Å². The summed E-state index contributed by atoms with van der Waals surface area (Å²) in [6.45, 7) is 2.41. The van der Waals surface area contributed by atoms with Gasteiger partial charge in [0.25, 0.3) is 0 Å². The molecule has 0 unspecified atom stereocenters. The van der Waals surface area contributed by atoms with Gasteiger partial charge in [-0.15, -0.1) is 0 Å². The van der Waals surface area contributed by atoms with Crippen LogP contribution in [0.5, 0.6) is 0 Å². The van der Waals surface area contributed by atoms with Crippen molar-refractivity contribution in [3.05, 3.63) is 11.8 Å². The largest absolute Gasteiger partial charge is 0.394 e. The SMILES string of the molecule is Cc1cc(N)n(CCO)n1. The number of aromatic nitrogens is 2. The number of nitrogens with zero attached hydrogens (tertiary/aromatic N) is 2. The number of hydrogen-bond donors (Lipinski definition) is 2. The molecular formula is C6H11N3O. The van der Waals surface area contributed by atoms with Gasteiger partial charge in [-0.05, 0) is 6.92 Å². The first kappa shape index (κ1) is 7.08. The minimum absolute atomic E-state index is 0.0747. The summed E-state index contributed by atoms with van der Waals surface area (Å²) >= 11 is 0. The standard InChI is InChI=1S/C6H11N3O/c1-5-4-6(7)9(8-5)2-3-10/h4,10H,2-3,7H2,1H3. The fraction of sp³-hybridized carbons (Fsp3) is 0.500. The Hall–Kier alpha value is -1.03. The van der Waals surface area contributed by atoms with Crippen molar-refractivity contribution in [3.63, 3.8) is 0 Å². The Labute approximate surface area is 59.3 Å². The summed E-state index contributed by atoms with van der Waals surface area (Å²) in [5.74, 6) is 0.603. The van der Waals surface area contributed by atoms with Gasteiger partial charge in [-0.3, -0.25) is 0 Å². The summed E-state index contributed by atoms with van der Waals surface area (Å²) in [4.78, 5) is 0. The van der Waals surface area contributed by atoms with Crippen LogP contribution in [-0.2, 0) is 6.54 Å². The van der Waals surface area contributed by atoms with Crippen LogP contribution in [0.2, 0.25) is 0 Å². The van der Waals surface area contributed by atoms with Crippen molar-refractivity contribution >= 4 is 5.82 Å². The highest BCUT2D eigenvalue weighted by Crippen LogP contribution is 2.03. The van der Waals surface area contributed by atoms with Crippen LogP contribution in [0.1, 0.15) is 5.69 Å². The monoisotopic (exact) mass is 141 g/mol. The number of hydrogen-bond acceptors (Lipinski definition) is 3. The second-order valence-corrected chi connectivity index (χ2v) is 2.16. The average molecular weight is 141 g/mol. The number of anilines is 1. The van der Waals surface area contributed by atoms with E-state index in [1.165, 1.54) is 0 Å². The first-order valence-electron chi connectivity index (χ1n) is 3.15. The number of aryl methyl sites for hydroxylation is 1. The molecule has 1 aromatic rings. The lowest BCUT2D eigenvalue weighted by molar-refractivity contribution is 0.270. The molecule has 0 aliphatic heterocycles. The molecule has 0 amide bonds. The van der Waals surface area contributed by atoms with E-state index < -0.39 is 0 Å². The Balaban J connectivity index is 2.81. The van der Waals surface area contributed by atoms with Gasteiger partial charge in [0.05, 0.1) is 18.8 Å². The van der Waals surface area contributed by atoms with Crippen molar-refractivity contribution in [2.75, 3.05) is 12.3 Å². The Bertz CT molecular complexity index is 219. The van der Waals surface area contributed by atoms with E-state index >= 15 is 0 Å². The summed E-state index contributed by atoms with van der Waals surface area (Å²) in [5, 5.41) is 12.6. The van der Waals surface area contributed by atoms with Gasteiger partial charge in [-0.25, -0.2) is 4.68 Å². The van der Waals surface area contributed by atoms with E-state index in [1.807, 2.05) is 6.92 Å². The molecule has 0 spiro atoms. The van der Waals surface area contributed by atoms with E-state index in [9.17, 15) is 0 Å². The molecule has 56 valence electrons. The van der Waals surface area contributed by atoms with Gasteiger partial charge >= 0.3 is 0 Å². The van der Waals surface area contributed by atoms with Gasteiger partial charge in [0.2, 0.25) is 0 Å². The fourth-order valence-corrected chi connectivity index (χ4v) is 0.839. The van der Waals surface area contributed by atoms with E-state index in [0.29, 0.717) is 12.4 Å². The van der Waals surface area contributed by atoms with Crippen LogP contribution in [0.25, 0.3) is 0 Å². The summed E-state index contributed by atoms with van der Waals surface area (Å²) in [6.07, 6.45) is 0. The molecule has 1 aromatic heterocycles. The molecular weight excluding hydrogens is 130 g/mol. The second kappa shape index (κ2) is 2.70. The quantitative estimate of drug-likeness (QED) is 0.597. The molecule has 0 bridgehead atoms. The number of rotatable bonds is 2. The number of nitrogens with two attached hydrogens (primary N) is 1. The van der Waals surface area contributed by atoms with Gasteiger partial charge in [0.15, 0.2) is 0 Å². The molecule has 10 heavy (non-hydrogen) atoms. The van der Waals surface area contributed by atoms with Crippen LogP contribution < -0.4 is 5.73 Å². The summed E-state index contributed by atoms with van der Waals surface area (Å²) < 4.78 is 1.58. The van der Waals surface area contributed by atoms with Crippen molar-refractivity contribution in [2.45, 2.75) is 13.5 Å². The third-order valence-electron chi connectivity index (χ3n) is 1.25. The molecule has 0 atom stereocenters. The Morgan fingerprint density at radius 1 is 1.80 bits per heavy atom. The molecule has 0 aromatic carbocycles. The highest BCUT2D eigenvalue weighted by molar-refractivity contribution is 5.29. The van der Waals surface area contributed by atoms with E-state index in [4.69, 9.17) is 10.8 Å². The summed E-state index contributed by atoms with van der Waals surface area (Å²) in [7, 11) is 0. The lowest BCUT2D eigenvalue weighted by atomic mass is 10.5. The van der Waals surface area contributed by atoms with E-state index in [1.54, 1.807) is 10.7 Å². The van der Waals surface area contributed by atoms with Gasteiger partial charge < -0.3 is 10.8 Å². The average Bonchev–Trinajstić information content (AvgIpc) is 2.13.